The van der Waals surface area contributed by atoms with E-state index in [0.29, 0.717) is 17.8 Å². The summed E-state index contributed by atoms with van der Waals surface area (Å²) in [4.78, 5) is 31.4. The summed E-state index contributed by atoms with van der Waals surface area (Å²) in [5.74, 6) is 0.590. The number of hydrogen-bond acceptors (Lipinski definition) is 4. The van der Waals surface area contributed by atoms with Crippen LogP contribution in [0.4, 0.5) is 5.69 Å². The van der Waals surface area contributed by atoms with Crippen LogP contribution in [0.25, 0.3) is 5.65 Å². The van der Waals surface area contributed by atoms with Gasteiger partial charge in [0.05, 0.1) is 5.69 Å². The van der Waals surface area contributed by atoms with E-state index in [1.54, 1.807) is 23.7 Å². The van der Waals surface area contributed by atoms with Gasteiger partial charge in [0.25, 0.3) is 5.91 Å². The van der Waals surface area contributed by atoms with Crippen molar-refractivity contribution in [2.24, 2.45) is 0 Å². The topological polar surface area (TPSA) is 66.7 Å². The predicted octanol–water partition coefficient (Wildman–Crippen LogP) is 4.86. The molecule has 0 saturated heterocycles. The Balaban J connectivity index is 1.35. The van der Waals surface area contributed by atoms with Crippen molar-refractivity contribution in [3.8, 4) is 0 Å². The van der Waals surface area contributed by atoms with Gasteiger partial charge in [-0.1, -0.05) is 18.2 Å². The molecule has 0 atom stereocenters. The number of benzene rings is 2. The average molecular weight is 445 g/mol. The highest BCUT2D eigenvalue weighted by atomic mass is 32.2. The first-order valence-corrected chi connectivity index (χ1v) is 11.2. The molecule has 2 aromatic heterocycles. The second-order valence-corrected chi connectivity index (χ2v) is 8.59. The Morgan fingerprint density at radius 2 is 1.88 bits per heavy atom. The van der Waals surface area contributed by atoms with Crippen LogP contribution in [0.3, 0.4) is 0 Å². The van der Waals surface area contributed by atoms with Gasteiger partial charge >= 0.3 is 0 Å². The van der Waals surface area contributed by atoms with Crippen LogP contribution in [-0.2, 0) is 17.1 Å². The number of thioether (sulfide) groups is 1. The van der Waals surface area contributed by atoms with Gasteiger partial charge in [0.2, 0.25) is 5.91 Å². The van der Waals surface area contributed by atoms with Crippen molar-refractivity contribution in [1.29, 1.82) is 0 Å². The number of amides is 2. The molecule has 6 nitrogen and oxygen atoms in total. The van der Waals surface area contributed by atoms with Crippen molar-refractivity contribution in [2.45, 2.75) is 24.1 Å². The molecule has 0 aliphatic rings. The van der Waals surface area contributed by atoms with Gasteiger partial charge in [-0.2, -0.15) is 0 Å². The van der Waals surface area contributed by atoms with Crippen molar-refractivity contribution in [3.05, 3.63) is 95.9 Å². The number of rotatable bonds is 7. The van der Waals surface area contributed by atoms with Gasteiger partial charge in [-0.05, 0) is 54.1 Å². The Kier molecular flexibility index (Phi) is 6.56. The van der Waals surface area contributed by atoms with Gasteiger partial charge < -0.3 is 14.6 Å². The number of anilines is 1. The number of aromatic nitrogens is 2. The van der Waals surface area contributed by atoms with Gasteiger partial charge in [0, 0.05) is 54.8 Å². The lowest BCUT2D eigenvalue weighted by molar-refractivity contribution is -0.128. The van der Waals surface area contributed by atoms with Crippen LogP contribution < -0.4 is 5.32 Å². The number of fused-ring (bicyclic) bond motifs is 1. The highest BCUT2D eigenvalue weighted by Gasteiger charge is 2.09. The molecule has 32 heavy (non-hydrogen) atoms. The molecular formula is C25H24N4O2S. The number of nitrogens with one attached hydrogen (secondary N) is 1. The molecule has 0 unspecified atom stereocenters. The lowest BCUT2D eigenvalue weighted by Crippen LogP contribution is -2.23. The molecule has 0 fully saturated rings. The summed E-state index contributed by atoms with van der Waals surface area (Å²) in [6.07, 6.45) is 4.02. The zero-order valence-corrected chi connectivity index (χ0v) is 18.8. The molecule has 0 saturated carbocycles. The van der Waals surface area contributed by atoms with E-state index in [9.17, 15) is 9.59 Å². The smallest absolute Gasteiger partial charge is 0.255 e. The van der Waals surface area contributed by atoms with E-state index in [2.05, 4.69) is 10.3 Å². The molecule has 162 valence electrons. The van der Waals surface area contributed by atoms with E-state index < -0.39 is 0 Å². The summed E-state index contributed by atoms with van der Waals surface area (Å²) in [6, 6.07) is 21.0. The van der Waals surface area contributed by atoms with E-state index in [1.807, 2.05) is 83.5 Å². The van der Waals surface area contributed by atoms with Crippen LogP contribution in [-0.4, -0.2) is 33.1 Å². The van der Waals surface area contributed by atoms with Crippen molar-refractivity contribution in [3.63, 3.8) is 0 Å². The first kappa shape index (κ1) is 21.6. The monoisotopic (exact) mass is 444 g/mol. The molecule has 0 aliphatic heterocycles. The zero-order valence-electron chi connectivity index (χ0n) is 18.0. The molecule has 0 bridgehead atoms. The molecular weight excluding hydrogens is 420 g/mol. The van der Waals surface area contributed by atoms with Crippen LogP contribution in [0.2, 0.25) is 0 Å². The van der Waals surface area contributed by atoms with Gasteiger partial charge in [-0.15, -0.1) is 11.8 Å². The maximum atomic E-state index is 12.7. The molecule has 7 heteroatoms. The average Bonchev–Trinajstić information content (AvgIpc) is 3.21. The Morgan fingerprint density at radius 3 is 2.62 bits per heavy atom. The van der Waals surface area contributed by atoms with Crippen LogP contribution in [0.15, 0.2) is 84.0 Å². The molecule has 4 aromatic rings. The predicted molar refractivity (Wildman–Crippen MR) is 128 cm³/mol. The molecule has 1 N–H and O–H groups in total. The number of pyridine rings is 1. The minimum atomic E-state index is -0.168. The molecule has 2 amide bonds. The summed E-state index contributed by atoms with van der Waals surface area (Å²) >= 11 is 1.68. The highest BCUT2D eigenvalue weighted by molar-refractivity contribution is 7.98. The van der Waals surface area contributed by atoms with Crippen molar-refractivity contribution < 1.29 is 9.59 Å². The summed E-state index contributed by atoms with van der Waals surface area (Å²) < 4.78 is 2.01. The van der Waals surface area contributed by atoms with Crippen LogP contribution >= 0.6 is 11.8 Å². The third-order valence-corrected chi connectivity index (χ3v) is 6.10. The van der Waals surface area contributed by atoms with Crippen molar-refractivity contribution in [2.75, 3.05) is 12.4 Å². The summed E-state index contributed by atoms with van der Waals surface area (Å²) in [6.45, 7) is 2.03. The van der Waals surface area contributed by atoms with E-state index >= 15 is 0 Å². The normalized spacial score (nSPS) is 10.8. The standard InChI is InChI=1S/C25H24N4O2S/c1-18(30)28(2)15-19-6-5-7-21(14-19)27-25(31)20-9-11-23(12-10-20)32-17-22-16-29-13-4-3-8-24(29)26-22/h3-14,16H,15,17H2,1-2H3,(H,27,31). The Bertz CT molecular complexity index is 1220. The van der Waals surface area contributed by atoms with E-state index in [4.69, 9.17) is 0 Å². The largest absolute Gasteiger partial charge is 0.342 e. The van der Waals surface area contributed by atoms with Crippen molar-refractivity contribution >= 4 is 34.9 Å². The third kappa shape index (κ3) is 5.36. The second-order valence-electron chi connectivity index (χ2n) is 7.54. The van der Waals surface area contributed by atoms with Crippen molar-refractivity contribution in [1.82, 2.24) is 14.3 Å². The summed E-state index contributed by atoms with van der Waals surface area (Å²) in [7, 11) is 1.75. The first-order chi connectivity index (χ1) is 15.5. The maximum absolute atomic E-state index is 12.7. The zero-order chi connectivity index (χ0) is 22.5. The number of hydrogen-bond donors (Lipinski definition) is 1. The molecule has 2 heterocycles. The fourth-order valence-electron chi connectivity index (χ4n) is 3.25. The number of carbonyl (C=O) groups excluding carboxylic acids is 2. The number of imidazole rings is 1. The Morgan fingerprint density at radius 1 is 1.06 bits per heavy atom. The molecule has 0 aliphatic carbocycles. The summed E-state index contributed by atoms with van der Waals surface area (Å²) in [5, 5.41) is 2.93. The van der Waals surface area contributed by atoms with Crippen LogP contribution in [0.5, 0.6) is 0 Å². The fourth-order valence-corrected chi connectivity index (χ4v) is 4.03. The first-order valence-electron chi connectivity index (χ1n) is 10.3. The number of nitrogens with zero attached hydrogens (tertiary/aromatic N) is 3. The fraction of sp³-hybridized carbons (Fsp3) is 0.160. The minimum absolute atomic E-state index is 0.00131. The third-order valence-electron chi connectivity index (χ3n) is 5.06. The second kappa shape index (κ2) is 9.70. The van der Waals surface area contributed by atoms with E-state index in [0.717, 1.165) is 27.6 Å². The van der Waals surface area contributed by atoms with Gasteiger partial charge in [0.1, 0.15) is 5.65 Å². The van der Waals surface area contributed by atoms with Gasteiger partial charge in [0.15, 0.2) is 0 Å². The highest BCUT2D eigenvalue weighted by Crippen LogP contribution is 2.23. The lowest BCUT2D eigenvalue weighted by atomic mass is 10.1. The van der Waals surface area contributed by atoms with E-state index in [-0.39, 0.29) is 11.8 Å². The van der Waals surface area contributed by atoms with Gasteiger partial charge in [-0.3, -0.25) is 9.59 Å². The molecule has 2 aromatic carbocycles. The lowest BCUT2D eigenvalue weighted by Gasteiger charge is -2.15. The minimum Gasteiger partial charge on any atom is -0.342 e. The van der Waals surface area contributed by atoms with Crippen LogP contribution in [0, 0.1) is 0 Å². The maximum Gasteiger partial charge on any atom is 0.255 e. The molecule has 4 rings (SSSR count). The SMILES string of the molecule is CC(=O)N(C)Cc1cccc(NC(=O)c2ccc(SCc3cn4ccccc4n3)cc2)c1. The van der Waals surface area contributed by atoms with E-state index in [1.165, 1.54) is 6.92 Å². The summed E-state index contributed by atoms with van der Waals surface area (Å²) in [5.41, 5.74) is 4.20. The van der Waals surface area contributed by atoms with Gasteiger partial charge in [-0.25, -0.2) is 4.98 Å². The number of carbonyl (C=O) groups is 2. The molecule has 0 radical (unpaired) electrons. The quantitative estimate of drug-likeness (QED) is 0.414. The molecule has 0 spiro atoms. The Labute approximate surface area is 191 Å². The van der Waals surface area contributed by atoms with Crippen LogP contribution in [0.1, 0.15) is 28.5 Å². The Hall–Kier alpha value is -3.58.